The molecule has 0 saturated carbocycles. The van der Waals surface area contributed by atoms with Crippen molar-refractivity contribution >= 4 is 39.6 Å². The first-order chi connectivity index (χ1) is 8.86. The third kappa shape index (κ3) is 3.92. The van der Waals surface area contributed by atoms with Crippen molar-refractivity contribution < 1.29 is 4.39 Å². The molecule has 0 fully saturated rings. The van der Waals surface area contributed by atoms with Gasteiger partial charge in [-0.3, -0.25) is 0 Å². The maximum atomic E-state index is 13.0. The molecule has 1 heterocycles. The molecule has 1 N–H and O–H groups in total. The van der Waals surface area contributed by atoms with Crippen molar-refractivity contribution in [3.63, 3.8) is 0 Å². The smallest absolute Gasteiger partial charge is 0.124 e. The number of anilines is 1. The van der Waals surface area contributed by atoms with Crippen molar-refractivity contribution in [1.29, 1.82) is 0 Å². The van der Waals surface area contributed by atoms with Crippen LogP contribution in [0.2, 0.25) is 0 Å². The normalized spacial score (nSPS) is 11.6. The van der Waals surface area contributed by atoms with Gasteiger partial charge in [0.25, 0.3) is 0 Å². The number of benzene rings is 1. The Balaban J connectivity index is 2.04. The average Bonchev–Trinajstić information content (AvgIpc) is 2.76. The molecule has 0 unspecified atom stereocenters. The van der Waals surface area contributed by atoms with Gasteiger partial charge in [0.2, 0.25) is 0 Å². The minimum Gasteiger partial charge on any atom is -0.379 e. The van der Waals surface area contributed by atoms with Gasteiger partial charge in [-0.05, 0) is 58.3 Å². The minimum absolute atomic E-state index is 0.193. The summed E-state index contributed by atoms with van der Waals surface area (Å²) in [7, 11) is 0. The highest BCUT2D eigenvalue weighted by Gasteiger charge is 2.15. The summed E-state index contributed by atoms with van der Waals surface area (Å²) < 4.78 is 13.9. The van der Waals surface area contributed by atoms with Gasteiger partial charge in [0.05, 0.1) is 0 Å². The van der Waals surface area contributed by atoms with Crippen LogP contribution >= 0.6 is 33.9 Å². The molecule has 19 heavy (non-hydrogen) atoms. The maximum Gasteiger partial charge on any atom is 0.124 e. The largest absolute Gasteiger partial charge is 0.379 e. The van der Waals surface area contributed by atoms with Crippen LogP contribution in [0.1, 0.15) is 30.5 Å². The summed E-state index contributed by atoms with van der Waals surface area (Å²) in [5.41, 5.74) is 1.18. The molecule has 0 saturated heterocycles. The number of hydrogen-bond donors (Lipinski definition) is 1. The molecule has 0 amide bonds. The molecule has 0 bridgehead atoms. The van der Waals surface area contributed by atoms with Gasteiger partial charge in [-0.2, -0.15) is 0 Å². The number of nitrogens with one attached hydrogen (secondary N) is 1. The summed E-state index contributed by atoms with van der Waals surface area (Å²) in [5.74, 6) is -0.193. The fourth-order valence-corrected chi connectivity index (χ4v) is 3.36. The van der Waals surface area contributed by atoms with Crippen molar-refractivity contribution in [3.05, 3.63) is 49.5 Å². The maximum absolute atomic E-state index is 13.0. The van der Waals surface area contributed by atoms with E-state index < -0.39 is 0 Å². The standard InChI is InChI=1S/C15H17FINS/c1-15(2,3)14-7-5-11(19-14)9-18-13-6-4-10(16)8-12(13)17/h4-8,18H,9H2,1-3H3. The summed E-state index contributed by atoms with van der Waals surface area (Å²) in [6.07, 6.45) is 0. The van der Waals surface area contributed by atoms with E-state index in [0.717, 1.165) is 15.8 Å². The van der Waals surface area contributed by atoms with Gasteiger partial charge in [0.1, 0.15) is 5.82 Å². The summed E-state index contributed by atoms with van der Waals surface area (Å²) in [4.78, 5) is 2.68. The van der Waals surface area contributed by atoms with E-state index in [9.17, 15) is 4.39 Å². The van der Waals surface area contributed by atoms with Crippen LogP contribution in [-0.4, -0.2) is 0 Å². The van der Waals surface area contributed by atoms with Crippen LogP contribution in [0.5, 0.6) is 0 Å². The molecule has 2 aromatic rings. The predicted molar refractivity (Wildman–Crippen MR) is 89.5 cm³/mol. The van der Waals surface area contributed by atoms with Gasteiger partial charge in [0.15, 0.2) is 0 Å². The summed E-state index contributed by atoms with van der Waals surface area (Å²) in [5, 5.41) is 3.36. The van der Waals surface area contributed by atoms with Crippen LogP contribution in [0.4, 0.5) is 10.1 Å². The third-order valence-electron chi connectivity index (χ3n) is 2.79. The minimum atomic E-state index is -0.193. The van der Waals surface area contributed by atoms with E-state index in [1.807, 2.05) is 11.3 Å². The fourth-order valence-electron chi connectivity index (χ4n) is 1.69. The lowest BCUT2D eigenvalue weighted by Gasteiger charge is -2.15. The molecule has 0 radical (unpaired) electrons. The van der Waals surface area contributed by atoms with Crippen molar-refractivity contribution in [1.82, 2.24) is 0 Å². The molecule has 0 aliphatic rings. The first kappa shape index (κ1) is 14.8. The van der Waals surface area contributed by atoms with Crippen LogP contribution in [0.15, 0.2) is 30.3 Å². The monoisotopic (exact) mass is 389 g/mol. The summed E-state index contributed by atoms with van der Waals surface area (Å²) in [6, 6.07) is 9.17. The zero-order valence-electron chi connectivity index (χ0n) is 11.3. The quantitative estimate of drug-likeness (QED) is 0.693. The lowest BCUT2D eigenvalue weighted by molar-refractivity contribution is 0.604. The van der Waals surface area contributed by atoms with Crippen molar-refractivity contribution in [3.8, 4) is 0 Å². The lowest BCUT2D eigenvalue weighted by Crippen LogP contribution is -2.07. The lowest BCUT2D eigenvalue weighted by atomic mass is 9.95. The molecule has 0 spiro atoms. The number of rotatable bonds is 3. The average molecular weight is 389 g/mol. The Morgan fingerprint density at radius 2 is 1.95 bits per heavy atom. The molecule has 0 atom stereocenters. The Morgan fingerprint density at radius 3 is 2.53 bits per heavy atom. The van der Waals surface area contributed by atoms with Crippen molar-refractivity contribution in [2.24, 2.45) is 0 Å². The van der Waals surface area contributed by atoms with Crippen LogP contribution in [-0.2, 0) is 12.0 Å². The van der Waals surface area contributed by atoms with Crippen LogP contribution in [0, 0.1) is 9.39 Å². The second-order valence-corrected chi connectivity index (χ2v) is 7.82. The van der Waals surface area contributed by atoms with Gasteiger partial charge < -0.3 is 5.32 Å². The highest BCUT2D eigenvalue weighted by molar-refractivity contribution is 14.1. The first-order valence-electron chi connectivity index (χ1n) is 6.14. The molecule has 1 aromatic heterocycles. The molecule has 2 rings (SSSR count). The molecule has 1 nitrogen and oxygen atoms in total. The number of halogens is 2. The topological polar surface area (TPSA) is 12.0 Å². The summed E-state index contributed by atoms with van der Waals surface area (Å²) in [6.45, 7) is 7.44. The Hall–Kier alpha value is -0.620. The Morgan fingerprint density at radius 1 is 1.21 bits per heavy atom. The van der Waals surface area contributed by atoms with E-state index in [1.165, 1.54) is 21.9 Å². The second kappa shape index (κ2) is 5.79. The van der Waals surface area contributed by atoms with Crippen LogP contribution in [0.3, 0.4) is 0 Å². The third-order valence-corrected chi connectivity index (χ3v) is 5.19. The van der Waals surface area contributed by atoms with E-state index in [1.54, 1.807) is 6.07 Å². The van der Waals surface area contributed by atoms with Gasteiger partial charge in [-0.25, -0.2) is 4.39 Å². The number of thiophene rings is 1. The predicted octanol–water partition coefficient (Wildman–Crippen LogP) is 5.40. The fraction of sp³-hybridized carbons (Fsp3) is 0.333. The number of hydrogen-bond acceptors (Lipinski definition) is 2. The SMILES string of the molecule is CC(C)(C)c1ccc(CNc2ccc(F)cc2I)s1. The molecule has 0 aliphatic carbocycles. The van der Waals surface area contributed by atoms with Gasteiger partial charge in [0, 0.05) is 25.6 Å². The first-order valence-corrected chi connectivity index (χ1v) is 8.04. The van der Waals surface area contributed by atoms with E-state index in [4.69, 9.17) is 0 Å². The molecule has 4 heteroatoms. The molecular formula is C15H17FINS. The van der Waals surface area contributed by atoms with Gasteiger partial charge >= 0.3 is 0 Å². The Labute approximate surface area is 131 Å². The highest BCUT2D eigenvalue weighted by atomic mass is 127. The molecule has 1 aromatic carbocycles. The Bertz CT molecular complexity index is 572. The molecule has 0 aliphatic heterocycles. The van der Waals surface area contributed by atoms with E-state index in [2.05, 4.69) is 60.8 Å². The van der Waals surface area contributed by atoms with E-state index >= 15 is 0 Å². The zero-order chi connectivity index (χ0) is 14.0. The van der Waals surface area contributed by atoms with Crippen LogP contribution < -0.4 is 5.32 Å². The van der Waals surface area contributed by atoms with E-state index in [0.29, 0.717) is 0 Å². The molecule has 102 valence electrons. The Kier molecular flexibility index (Phi) is 4.50. The molecular weight excluding hydrogens is 372 g/mol. The highest BCUT2D eigenvalue weighted by Crippen LogP contribution is 2.30. The van der Waals surface area contributed by atoms with Crippen molar-refractivity contribution in [2.45, 2.75) is 32.7 Å². The van der Waals surface area contributed by atoms with Crippen molar-refractivity contribution in [2.75, 3.05) is 5.32 Å². The van der Waals surface area contributed by atoms with Gasteiger partial charge in [-0.1, -0.05) is 20.8 Å². The zero-order valence-corrected chi connectivity index (χ0v) is 14.2. The van der Waals surface area contributed by atoms with E-state index in [-0.39, 0.29) is 11.2 Å². The second-order valence-electron chi connectivity index (χ2n) is 5.49. The van der Waals surface area contributed by atoms with Gasteiger partial charge in [-0.15, -0.1) is 11.3 Å². The summed E-state index contributed by atoms with van der Waals surface area (Å²) >= 11 is 3.98. The van der Waals surface area contributed by atoms with Crippen LogP contribution in [0.25, 0.3) is 0 Å².